The third-order valence-corrected chi connectivity index (χ3v) is 16.3. The first-order chi connectivity index (χ1) is 45.5. The fourth-order valence-corrected chi connectivity index (χ4v) is 11.1. The van der Waals surface area contributed by atoms with Crippen molar-refractivity contribution in [2.24, 2.45) is 17.8 Å². The van der Waals surface area contributed by atoms with Crippen molar-refractivity contribution in [2.75, 3.05) is 139 Å². The molecule has 30 heteroatoms. The van der Waals surface area contributed by atoms with E-state index in [0.29, 0.717) is 154 Å². The number of aromatic hydroxyl groups is 1. The number of rotatable bonds is 42. The fourth-order valence-electron chi connectivity index (χ4n) is 11.1. The van der Waals surface area contributed by atoms with Crippen molar-refractivity contribution in [3.8, 4) is 17.1 Å². The van der Waals surface area contributed by atoms with Gasteiger partial charge in [-0.05, 0) is 80.7 Å². The topological polar surface area (TPSA) is 355 Å². The lowest BCUT2D eigenvalue weighted by Gasteiger charge is -2.33. The van der Waals surface area contributed by atoms with Gasteiger partial charge < -0.3 is 82.5 Å². The Bertz CT molecular complexity index is 3290. The lowest BCUT2D eigenvalue weighted by atomic mass is 9.81. The second-order valence-corrected chi connectivity index (χ2v) is 23.2. The van der Waals surface area contributed by atoms with Crippen molar-refractivity contribution < 1.29 is 95.5 Å². The molecule has 514 valence electrons. The van der Waals surface area contributed by atoms with Gasteiger partial charge >= 0.3 is 12.1 Å². The minimum Gasteiger partial charge on any atom is -0.508 e. The Labute approximate surface area is 543 Å². The number of carbonyl (C=O) groups excluding carboxylic acids is 7. The van der Waals surface area contributed by atoms with E-state index in [1.54, 1.807) is 47.5 Å². The van der Waals surface area contributed by atoms with Crippen LogP contribution in [0.4, 0.5) is 4.79 Å². The zero-order valence-corrected chi connectivity index (χ0v) is 53.9. The highest BCUT2D eigenvalue weighted by molar-refractivity contribution is 6.12. The number of esters is 1. The fraction of sp³-hybridized carbons (Fsp3) is 0.609. The van der Waals surface area contributed by atoms with E-state index in [4.69, 9.17) is 61.8 Å². The Morgan fingerprint density at radius 1 is 0.734 bits per heavy atom. The largest absolute Gasteiger partial charge is 0.509 e. The number of phenolic OH excluding ortho intramolecular Hbond substituents is 1. The summed E-state index contributed by atoms with van der Waals surface area (Å²) in [5.74, 6) is -2.53. The number of cyclic esters (lactones) is 1. The van der Waals surface area contributed by atoms with Gasteiger partial charge in [0.05, 0.1) is 160 Å². The normalized spacial score (nSPS) is 17.7. The first-order valence-corrected chi connectivity index (χ1v) is 31.9. The standard InChI is InChI=1S/C64H87N9O21/c1-5-47-48-32-46(74)10-11-52(48)68-59-49(47)37-72-54(59)33-51-50(61(72)80)38-92-62(81)64(51,4)94-63(82)93-39-53(42(2)3)67-56(76)41-91-40-55(75)65-14-16-83-18-20-85-22-24-87-26-28-89-30-31-90-29-27-88-25-23-86-21-19-84-17-15-71-36-45(69-70-71)34-66-60(79)44-8-6-43(7-9-44)35-73-57(77)12-13-58(73)78/h10-13,32-33,36,42-44,53,74H,5-9,14-31,34-35,37-41H2,1-4H3,(H,65,75)(H,66,79)(H,67,76). The van der Waals surface area contributed by atoms with Crippen LogP contribution in [0, 0.1) is 17.8 Å². The van der Waals surface area contributed by atoms with Gasteiger partial charge in [0.15, 0.2) is 0 Å². The summed E-state index contributed by atoms with van der Waals surface area (Å²) in [4.78, 5) is 108. The summed E-state index contributed by atoms with van der Waals surface area (Å²) in [5, 5.41) is 27.5. The lowest BCUT2D eigenvalue weighted by Crippen LogP contribution is -2.47. The molecule has 1 saturated carbocycles. The monoisotopic (exact) mass is 1320 g/mol. The van der Waals surface area contributed by atoms with Crippen molar-refractivity contribution in [2.45, 2.75) is 97.7 Å². The van der Waals surface area contributed by atoms with Crippen molar-refractivity contribution in [1.29, 1.82) is 0 Å². The van der Waals surface area contributed by atoms with Crippen LogP contribution >= 0.6 is 0 Å². The van der Waals surface area contributed by atoms with Crippen LogP contribution in [0.15, 0.2) is 47.4 Å². The number of amides is 5. The third-order valence-electron chi connectivity index (χ3n) is 16.3. The first kappa shape index (κ1) is 72.0. The highest BCUT2D eigenvalue weighted by atomic mass is 16.7. The summed E-state index contributed by atoms with van der Waals surface area (Å²) in [5.41, 5.74) is 1.77. The van der Waals surface area contributed by atoms with E-state index in [1.165, 1.54) is 30.0 Å². The van der Waals surface area contributed by atoms with Gasteiger partial charge in [-0.3, -0.25) is 33.7 Å². The van der Waals surface area contributed by atoms with Gasteiger partial charge in [-0.15, -0.1) is 5.10 Å². The zero-order valence-electron chi connectivity index (χ0n) is 53.9. The Morgan fingerprint density at radius 2 is 1.33 bits per heavy atom. The predicted molar refractivity (Wildman–Crippen MR) is 331 cm³/mol. The second kappa shape index (κ2) is 36.7. The molecule has 4 aliphatic rings. The van der Waals surface area contributed by atoms with Crippen LogP contribution in [0.2, 0.25) is 0 Å². The van der Waals surface area contributed by atoms with E-state index in [1.807, 2.05) is 6.92 Å². The molecule has 2 atom stereocenters. The quantitative estimate of drug-likeness (QED) is 0.0247. The number of ether oxygens (including phenoxy) is 12. The molecule has 4 aromatic rings. The van der Waals surface area contributed by atoms with E-state index in [2.05, 4.69) is 26.3 Å². The number of hydrogen-bond acceptors (Lipinski definition) is 24. The Morgan fingerprint density at radius 3 is 1.94 bits per heavy atom. The molecule has 1 fully saturated rings. The van der Waals surface area contributed by atoms with Gasteiger partial charge in [-0.1, -0.05) is 26.0 Å². The van der Waals surface area contributed by atoms with Crippen molar-refractivity contribution in [3.05, 3.63) is 80.9 Å². The average Bonchev–Trinajstić information content (AvgIpc) is 1.35. The van der Waals surface area contributed by atoms with Crippen LogP contribution in [0.25, 0.3) is 22.3 Å². The molecule has 30 nitrogen and oxygen atoms in total. The van der Waals surface area contributed by atoms with Crippen LogP contribution in [0.1, 0.15) is 81.3 Å². The summed E-state index contributed by atoms with van der Waals surface area (Å²) in [7, 11) is 0. The maximum atomic E-state index is 14.0. The van der Waals surface area contributed by atoms with Gasteiger partial charge in [0, 0.05) is 47.7 Å². The molecule has 3 aliphatic heterocycles. The Balaban J connectivity index is 0.550. The van der Waals surface area contributed by atoms with E-state index >= 15 is 0 Å². The highest BCUT2D eigenvalue weighted by Crippen LogP contribution is 2.41. The summed E-state index contributed by atoms with van der Waals surface area (Å²) in [6.45, 7) is 13.1. The number of benzene rings is 1. The van der Waals surface area contributed by atoms with Gasteiger partial charge in [-0.2, -0.15) is 0 Å². The molecule has 0 bridgehead atoms. The number of aromatic nitrogens is 5. The molecule has 0 spiro atoms. The zero-order chi connectivity index (χ0) is 66.8. The smallest absolute Gasteiger partial charge is 0.508 e. The maximum absolute atomic E-state index is 14.0. The number of hydrogen-bond donors (Lipinski definition) is 4. The van der Waals surface area contributed by atoms with E-state index in [-0.39, 0.29) is 91.8 Å². The number of nitrogens with zero attached hydrogens (tertiary/aromatic N) is 6. The molecule has 0 saturated heterocycles. The minimum atomic E-state index is -2.06. The molecular weight excluding hydrogens is 1230 g/mol. The Hall–Kier alpha value is -7.81. The summed E-state index contributed by atoms with van der Waals surface area (Å²) < 4.78 is 69.3. The van der Waals surface area contributed by atoms with E-state index in [0.717, 1.165) is 29.4 Å². The minimum absolute atomic E-state index is 0.0260. The van der Waals surface area contributed by atoms with Gasteiger partial charge in [-0.25, -0.2) is 19.3 Å². The SMILES string of the molecule is CCc1c2c(nc3ccc(O)cc13)-c1cc3c(c(=O)n1C2)COC(=O)C3(C)OC(=O)OCC(NC(=O)COCC(=O)NCCOCCOCCOCCOCCOCCOCCOCCOCCn1cc(CNC(=O)C2CCC(CN3C(=O)C=CC3=O)CC2)nn1)C(C)C. The number of carbonyl (C=O) groups is 7. The first-order valence-electron chi connectivity index (χ1n) is 31.9. The van der Waals surface area contributed by atoms with Crippen molar-refractivity contribution in [3.63, 3.8) is 0 Å². The highest BCUT2D eigenvalue weighted by Gasteiger charge is 2.49. The predicted octanol–water partition coefficient (Wildman–Crippen LogP) is 2.16. The van der Waals surface area contributed by atoms with Gasteiger partial charge in [0.2, 0.25) is 23.3 Å². The van der Waals surface area contributed by atoms with Crippen molar-refractivity contribution >= 4 is 52.6 Å². The third kappa shape index (κ3) is 20.8. The second-order valence-electron chi connectivity index (χ2n) is 23.2. The molecular formula is C64H87N9O21. The molecule has 3 aromatic heterocycles. The van der Waals surface area contributed by atoms with Crippen LogP contribution in [0.5, 0.6) is 5.75 Å². The lowest BCUT2D eigenvalue weighted by molar-refractivity contribution is -0.172. The van der Waals surface area contributed by atoms with Gasteiger partial charge in [0.25, 0.3) is 17.4 Å². The number of fused-ring (bicyclic) bond motifs is 5. The molecule has 4 N–H and O–H groups in total. The molecule has 1 aromatic carbocycles. The van der Waals surface area contributed by atoms with Crippen LogP contribution in [0.3, 0.4) is 0 Å². The maximum Gasteiger partial charge on any atom is 0.509 e. The van der Waals surface area contributed by atoms with E-state index < -0.39 is 54.4 Å². The van der Waals surface area contributed by atoms with Crippen LogP contribution < -0.4 is 21.5 Å². The summed E-state index contributed by atoms with van der Waals surface area (Å²) >= 11 is 0. The molecule has 5 amide bonds. The molecule has 0 radical (unpaired) electrons. The number of pyridine rings is 2. The summed E-state index contributed by atoms with van der Waals surface area (Å²) in [6.07, 6.45) is 6.73. The number of imide groups is 1. The molecule has 2 unspecified atom stereocenters. The number of nitrogens with one attached hydrogen (secondary N) is 3. The van der Waals surface area contributed by atoms with Crippen LogP contribution in [-0.2, 0) is 124 Å². The molecule has 94 heavy (non-hydrogen) atoms. The van der Waals surface area contributed by atoms with Crippen LogP contribution in [-0.4, -0.2) is 221 Å². The van der Waals surface area contributed by atoms with Gasteiger partial charge in [0.1, 0.15) is 37.9 Å². The Kier molecular flexibility index (Phi) is 28.2. The van der Waals surface area contributed by atoms with E-state index in [9.17, 15) is 43.5 Å². The molecule has 8 rings (SSSR count). The van der Waals surface area contributed by atoms with Crippen molar-refractivity contribution in [1.82, 2.24) is 45.4 Å². The molecule has 1 aliphatic carbocycles. The summed E-state index contributed by atoms with van der Waals surface area (Å²) in [6, 6.07) is 5.79. The molecule has 6 heterocycles. The average molecular weight is 1320 g/mol. The number of phenols is 1. The number of aryl methyl sites for hydroxylation is 1.